The normalized spacial score (nSPS) is 28.6. The highest BCUT2D eigenvalue weighted by Crippen LogP contribution is 2.50. The van der Waals surface area contributed by atoms with E-state index in [1.807, 2.05) is 18.2 Å². The number of allylic oxidation sites excluding steroid dienone is 2. The molecular weight excluding hydrogens is 650 g/mol. The molecule has 4 saturated heterocycles. The molecule has 48 heavy (non-hydrogen) atoms. The third-order valence-electron chi connectivity index (χ3n) is 10.9. The molecule has 0 radical (unpaired) electrons. The molecule has 0 saturated carbocycles. The van der Waals surface area contributed by atoms with Gasteiger partial charge in [-0.1, -0.05) is 78.4 Å². The van der Waals surface area contributed by atoms with Crippen LogP contribution in [0.2, 0.25) is 5.02 Å². The molecule has 2 N–H and O–H groups in total. The number of halogens is 1. The average molecular weight is 686 g/mol. The number of amides is 3. The first-order valence-corrected chi connectivity index (χ1v) is 18.1. The molecular formula is C36H36ClN5O5S. The molecule has 3 aromatic rings. The first-order chi connectivity index (χ1) is 23.0. The van der Waals surface area contributed by atoms with Crippen molar-refractivity contribution < 1.29 is 22.8 Å². The lowest BCUT2D eigenvalue weighted by Crippen LogP contribution is -2.70. The van der Waals surface area contributed by atoms with Crippen molar-refractivity contribution in [2.45, 2.75) is 41.9 Å². The van der Waals surface area contributed by atoms with Crippen molar-refractivity contribution in [1.29, 1.82) is 0 Å². The SMILES string of the molecule is O=C1NC(=O)C2(CC34CN(S(=O)(=O)c5ccc6cc(Cl)ccc6c5)CC(=O)N3CC3(CCN(Cc5ccccc5)CC3)N4)C=CC=CC12. The summed E-state index contributed by atoms with van der Waals surface area (Å²) in [6, 6.07) is 20.4. The third kappa shape index (κ3) is 5.11. The number of rotatable bonds is 6. The predicted molar refractivity (Wildman–Crippen MR) is 181 cm³/mol. The summed E-state index contributed by atoms with van der Waals surface area (Å²) in [6.45, 7) is 2.40. The second-order valence-corrected chi connectivity index (χ2v) is 16.2. The lowest BCUT2D eigenvalue weighted by Gasteiger charge is -2.49. The summed E-state index contributed by atoms with van der Waals surface area (Å²) < 4.78 is 29.9. The van der Waals surface area contributed by atoms with Crippen molar-refractivity contribution >= 4 is 50.1 Å². The Labute approximate surface area is 284 Å². The second kappa shape index (κ2) is 11.3. The monoisotopic (exact) mass is 685 g/mol. The van der Waals surface area contributed by atoms with Crippen LogP contribution in [-0.2, 0) is 31.0 Å². The van der Waals surface area contributed by atoms with Crippen LogP contribution in [0.4, 0.5) is 0 Å². The van der Waals surface area contributed by atoms with E-state index < -0.39 is 44.4 Å². The molecule has 4 aliphatic heterocycles. The molecule has 3 aromatic carbocycles. The van der Waals surface area contributed by atoms with Crippen molar-refractivity contribution in [3.8, 4) is 0 Å². The maximum absolute atomic E-state index is 14.3. The molecule has 12 heteroatoms. The molecule has 1 aliphatic carbocycles. The molecule has 4 heterocycles. The number of imide groups is 1. The summed E-state index contributed by atoms with van der Waals surface area (Å²) in [4.78, 5) is 45.0. The first kappa shape index (κ1) is 31.4. The van der Waals surface area contributed by atoms with Gasteiger partial charge in [-0.15, -0.1) is 0 Å². The molecule has 3 atom stereocenters. The number of hydrogen-bond acceptors (Lipinski definition) is 7. The molecule has 8 rings (SSSR count). The van der Waals surface area contributed by atoms with Crippen LogP contribution in [0.3, 0.4) is 0 Å². The van der Waals surface area contributed by atoms with Gasteiger partial charge in [0.25, 0.3) is 0 Å². The fraction of sp³-hybridized carbons (Fsp3) is 0.361. The molecule has 3 amide bonds. The highest BCUT2D eigenvalue weighted by molar-refractivity contribution is 7.89. The smallest absolute Gasteiger partial charge is 0.243 e. The summed E-state index contributed by atoms with van der Waals surface area (Å²) in [5, 5.41) is 8.39. The molecule has 248 valence electrons. The van der Waals surface area contributed by atoms with Gasteiger partial charge in [0.05, 0.1) is 29.3 Å². The maximum atomic E-state index is 14.3. The Kier molecular flexibility index (Phi) is 7.42. The number of nitrogens with zero attached hydrogens (tertiary/aromatic N) is 3. The molecule has 5 aliphatic rings. The number of piperazine rings is 1. The van der Waals surface area contributed by atoms with E-state index in [1.54, 1.807) is 59.5 Å². The fourth-order valence-electron chi connectivity index (χ4n) is 8.48. The van der Waals surface area contributed by atoms with Crippen LogP contribution in [0.15, 0.2) is 95.9 Å². The molecule has 1 spiro atoms. The number of carbonyl (C=O) groups excluding carboxylic acids is 3. The fourth-order valence-corrected chi connectivity index (χ4v) is 10.1. The summed E-state index contributed by atoms with van der Waals surface area (Å²) in [5.74, 6) is -1.92. The number of hydrogen-bond donors (Lipinski definition) is 2. The number of likely N-dealkylation sites (tertiary alicyclic amines) is 1. The van der Waals surface area contributed by atoms with E-state index in [0.717, 1.165) is 37.9 Å². The van der Waals surface area contributed by atoms with Crippen molar-refractivity contribution in [2.75, 3.05) is 32.7 Å². The van der Waals surface area contributed by atoms with Crippen LogP contribution in [-0.4, -0.2) is 84.2 Å². The van der Waals surface area contributed by atoms with Gasteiger partial charge in [-0.25, -0.2) is 8.42 Å². The molecule has 4 fully saturated rings. The van der Waals surface area contributed by atoms with Gasteiger partial charge in [-0.05, 0) is 53.4 Å². The molecule has 3 unspecified atom stereocenters. The zero-order valence-electron chi connectivity index (χ0n) is 26.3. The minimum Gasteiger partial charge on any atom is -0.320 e. The minimum atomic E-state index is -4.14. The van der Waals surface area contributed by atoms with Gasteiger partial charge in [0.2, 0.25) is 27.7 Å². The predicted octanol–water partition coefficient (Wildman–Crippen LogP) is 3.44. The maximum Gasteiger partial charge on any atom is 0.243 e. The van der Waals surface area contributed by atoms with Gasteiger partial charge >= 0.3 is 0 Å². The van der Waals surface area contributed by atoms with Crippen molar-refractivity contribution in [1.82, 2.24) is 24.7 Å². The quantitative estimate of drug-likeness (QED) is 0.382. The van der Waals surface area contributed by atoms with Gasteiger partial charge in [-0.3, -0.25) is 29.9 Å². The zero-order chi connectivity index (χ0) is 33.3. The number of fused-ring (bicyclic) bond motifs is 3. The van der Waals surface area contributed by atoms with Crippen molar-refractivity contribution in [3.63, 3.8) is 0 Å². The average Bonchev–Trinajstić information content (AvgIpc) is 3.52. The van der Waals surface area contributed by atoms with Gasteiger partial charge in [-0.2, -0.15) is 4.31 Å². The molecule has 0 bridgehead atoms. The van der Waals surface area contributed by atoms with E-state index in [9.17, 15) is 22.8 Å². The van der Waals surface area contributed by atoms with Crippen molar-refractivity contribution in [3.05, 3.63) is 102 Å². The lowest BCUT2D eigenvalue weighted by molar-refractivity contribution is -0.145. The number of sulfonamides is 1. The largest absolute Gasteiger partial charge is 0.320 e. The zero-order valence-corrected chi connectivity index (χ0v) is 27.8. The first-order valence-electron chi connectivity index (χ1n) is 16.3. The highest BCUT2D eigenvalue weighted by atomic mass is 35.5. The Morgan fingerprint density at radius 3 is 2.44 bits per heavy atom. The summed E-state index contributed by atoms with van der Waals surface area (Å²) in [7, 11) is -4.14. The van der Waals surface area contributed by atoms with Gasteiger partial charge in [0.1, 0.15) is 5.66 Å². The van der Waals surface area contributed by atoms with E-state index in [4.69, 9.17) is 11.6 Å². The van der Waals surface area contributed by atoms with Gasteiger partial charge < -0.3 is 4.90 Å². The van der Waals surface area contributed by atoms with Crippen LogP contribution in [0, 0.1) is 11.3 Å². The summed E-state index contributed by atoms with van der Waals surface area (Å²) in [5.41, 5.74) is -1.76. The molecule has 10 nitrogen and oxygen atoms in total. The highest BCUT2D eigenvalue weighted by Gasteiger charge is 2.65. The van der Waals surface area contributed by atoms with E-state index in [-0.39, 0.29) is 30.3 Å². The molecule has 0 aromatic heterocycles. The van der Waals surface area contributed by atoms with E-state index >= 15 is 0 Å². The van der Waals surface area contributed by atoms with Crippen LogP contribution in [0.5, 0.6) is 0 Å². The van der Waals surface area contributed by atoms with E-state index in [2.05, 4.69) is 27.7 Å². The Hall–Kier alpha value is -3.87. The van der Waals surface area contributed by atoms with Crippen LogP contribution in [0.25, 0.3) is 10.8 Å². The van der Waals surface area contributed by atoms with Crippen LogP contribution < -0.4 is 10.6 Å². The summed E-state index contributed by atoms with van der Waals surface area (Å²) >= 11 is 6.16. The minimum absolute atomic E-state index is 0.0482. The Bertz CT molecular complexity index is 2010. The topological polar surface area (TPSA) is 119 Å². The number of carbonyl (C=O) groups is 3. The Balaban J connectivity index is 1.14. The van der Waals surface area contributed by atoms with Crippen molar-refractivity contribution in [2.24, 2.45) is 11.3 Å². The summed E-state index contributed by atoms with van der Waals surface area (Å²) in [6.07, 6.45) is 8.49. The standard InChI is InChI=1S/C36H36ClN5O5S/c37-28-11-9-27-19-29(12-10-26(27)18-28)48(46,47)41-21-31(43)42-23-34(14-16-40(17-15-34)20-25-6-2-1-3-7-25)39-36(42,24-41)22-35-13-5-4-8-30(35)32(44)38-33(35)45/h1-13,18-19,30,39H,14-17,20-24H2,(H,38,44,45). The van der Waals surface area contributed by atoms with Gasteiger partial charge in [0.15, 0.2) is 0 Å². The van der Waals surface area contributed by atoms with Crippen LogP contribution in [0.1, 0.15) is 24.8 Å². The Morgan fingerprint density at radius 1 is 0.896 bits per heavy atom. The lowest BCUT2D eigenvalue weighted by atomic mass is 9.68. The van der Waals surface area contributed by atoms with Gasteiger partial charge in [0, 0.05) is 43.2 Å². The number of benzene rings is 3. The van der Waals surface area contributed by atoms with E-state index in [1.165, 1.54) is 15.9 Å². The Morgan fingerprint density at radius 2 is 1.65 bits per heavy atom. The third-order valence-corrected chi connectivity index (χ3v) is 12.9. The number of piperidine rings is 1. The number of nitrogens with one attached hydrogen (secondary N) is 2. The van der Waals surface area contributed by atoms with E-state index in [0.29, 0.717) is 17.0 Å². The second-order valence-electron chi connectivity index (χ2n) is 13.9. The van der Waals surface area contributed by atoms with Crippen LogP contribution >= 0.6 is 11.6 Å².